The Morgan fingerprint density at radius 2 is 2.56 bits per heavy atom. The van der Waals surface area contributed by atoms with Gasteiger partial charge in [-0.2, -0.15) is 0 Å². The minimum atomic E-state index is -0.400. The van der Waals surface area contributed by atoms with Gasteiger partial charge in [0.2, 0.25) is 5.71 Å². The Bertz CT molecular complexity index is 324. The van der Waals surface area contributed by atoms with Crippen LogP contribution in [0.25, 0.3) is 11.2 Å². The lowest BCUT2D eigenvalue weighted by atomic mass is 10.5. The number of aromatic amines is 1. The molecule has 2 heterocycles. The fourth-order valence-electron chi connectivity index (χ4n) is 0.709. The van der Waals surface area contributed by atoms with Crippen molar-refractivity contribution in [2.75, 3.05) is 0 Å². The van der Waals surface area contributed by atoms with Gasteiger partial charge in [0.05, 0.1) is 6.33 Å². The normalized spacial score (nSPS) is 10.8. The van der Waals surface area contributed by atoms with Crippen molar-refractivity contribution in [2.45, 2.75) is 0 Å². The van der Waals surface area contributed by atoms with Crippen molar-refractivity contribution >= 4 is 11.2 Å². The molecule has 0 amide bonds. The zero-order chi connectivity index (χ0) is 6.27. The van der Waals surface area contributed by atoms with Crippen molar-refractivity contribution in [1.82, 2.24) is 9.97 Å². The maximum Gasteiger partial charge on any atom is 0.247 e. The molecule has 0 saturated heterocycles. The Labute approximate surface area is 49.5 Å². The van der Waals surface area contributed by atoms with Crippen LogP contribution in [0.15, 0.2) is 17.0 Å². The van der Waals surface area contributed by atoms with E-state index in [0.717, 1.165) is 6.26 Å². The molecule has 46 valence electrons. The maximum atomic E-state index is 12.4. The average Bonchev–Trinajstić information content (AvgIpc) is 2.35. The van der Waals surface area contributed by atoms with Crippen LogP contribution in [0.2, 0.25) is 0 Å². The first-order valence-electron chi connectivity index (χ1n) is 2.44. The molecule has 0 aromatic carbocycles. The van der Waals surface area contributed by atoms with Crippen molar-refractivity contribution in [3.63, 3.8) is 0 Å². The Morgan fingerprint density at radius 3 is 3.33 bits per heavy atom. The highest BCUT2D eigenvalue weighted by molar-refractivity contribution is 5.68. The molecule has 0 bridgehead atoms. The topological polar surface area (TPSA) is 41.8 Å². The fourth-order valence-corrected chi connectivity index (χ4v) is 0.709. The molecule has 0 saturated carbocycles. The Kier molecular flexibility index (Phi) is 0.677. The summed E-state index contributed by atoms with van der Waals surface area (Å²) in [5.41, 5.74) is 0.641. The van der Waals surface area contributed by atoms with Crippen molar-refractivity contribution in [1.29, 1.82) is 0 Å². The van der Waals surface area contributed by atoms with Gasteiger partial charge in [-0.05, 0) is 0 Å². The van der Waals surface area contributed by atoms with Crippen molar-refractivity contribution in [3.8, 4) is 0 Å². The summed E-state index contributed by atoms with van der Waals surface area (Å²) in [5.74, 6) is -0.400. The number of H-pyrrole nitrogens is 1. The van der Waals surface area contributed by atoms with Gasteiger partial charge >= 0.3 is 0 Å². The zero-order valence-electron chi connectivity index (χ0n) is 4.39. The maximum absolute atomic E-state index is 12.4. The van der Waals surface area contributed by atoms with Crippen LogP contribution in [0.3, 0.4) is 0 Å². The van der Waals surface area contributed by atoms with Crippen LogP contribution in [0.4, 0.5) is 4.39 Å². The molecular weight excluding hydrogens is 123 g/mol. The van der Waals surface area contributed by atoms with Crippen LogP contribution >= 0.6 is 0 Å². The molecule has 2 aromatic heterocycles. The van der Waals surface area contributed by atoms with Crippen LogP contribution in [-0.4, -0.2) is 9.97 Å². The van der Waals surface area contributed by atoms with Crippen LogP contribution in [0, 0.1) is 5.82 Å². The van der Waals surface area contributed by atoms with Crippen molar-refractivity contribution in [3.05, 3.63) is 18.4 Å². The van der Waals surface area contributed by atoms with Gasteiger partial charge in [-0.1, -0.05) is 0 Å². The minimum absolute atomic E-state index is 0.313. The van der Waals surface area contributed by atoms with E-state index in [9.17, 15) is 4.39 Å². The quantitative estimate of drug-likeness (QED) is 0.577. The highest BCUT2D eigenvalue weighted by Gasteiger charge is 2.04. The highest BCUT2D eigenvalue weighted by Crippen LogP contribution is 2.13. The predicted molar refractivity (Wildman–Crippen MR) is 28.3 cm³/mol. The number of hydrogen-bond donors (Lipinski definition) is 1. The zero-order valence-corrected chi connectivity index (χ0v) is 4.39. The van der Waals surface area contributed by atoms with Crippen molar-refractivity contribution in [2.24, 2.45) is 0 Å². The molecule has 0 aliphatic carbocycles. The monoisotopic (exact) mass is 126 g/mol. The lowest BCUT2D eigenvalue weighted by Crippen LogP contribution is -1.63. The number of imidazole rings is 1. The van der Waals surface area contributed by atoms with Gasteiger partial charge in [0.1, 0.15) is 11.8 Å². The molecule has 0 unspecified atom stereocenters. The molecule has 1 N–H and O–H groups in total. The predicted octanol–water partition coefficient (Wildman–Crippen LogP) is 1.29. The van der Waals surface area contributed by atoms with Gasteiger partial charge in [0.15, 0.2) is 5.82 Å². The molecule has 3 nitrogen and oxygen atoms in total. The largest absolute Gasteiger partial charge is 0.442 e. The molecule has 2 rings (SSSR count). The number of furan rings is 1. The second kappa shape index (κ2) is 1.34. The molecule has 0 fully saturated rings. The van der Waals surface area contributed by atoms with E-state index in [1.807, 2.05) is 0 Å². The van der Waals surface area contributed by atoms with Crippen LogP contribution in [0.5, 0.6) is 0 Å². The lowest BCUT2D eigenvalue weighted by Gasteiger charge is -1.69. The van der Waals surface area contributed by atoms with Gasteiger partial charge in [-0.3, -0.25) is 0 Å². The van der Waals surface area contributed by atoms with E-state index in [1.54, 1.807) is 0 Å². The number of nitrogens with one attached hydrogen (secondary N) is 1. The summed E-state index contributed by atoms with van der Waals surface area (Å²) in [4.78, 5) is 6.27. The average molecular weight is 126 g/mol. The van der Waals surface area contributed by atoms with E-state index < -0.39 is 5.82 Å². The van der Waals surface area contributed by atoms with Gasteiger partial charge in [-0.15, -0.1) is 0 Å². The van der Waals surface area contributed by atoms with Crippen LogP contribution in [-0.2, 0) is 0 Å². The summed E-state index contributed by atoms with van der Waals surface area (Å²) in [6.07, 6.45) is 2.41. The van der Waals surface area contributed by atoms with E-state index in [-0.39, 0.29) is 0 Å². The molecule has 9 heavy (non-hydrogen) atoms. The molecule has 0 spiro atoms. The van der Waals surface area contributed by atoms with E-state index in [4.69, 9.17) is 0 Å². The summed E-state index contributed by atoms with van der Waals surface area (Å²) in [6.45, 7) is 0. The molecule has 0 aliphatic heterocycles. The summed E-state index contributed by atoms with van der Waals surface area (Å²) in [5, 5.41) is 0. The SMILES string of the molecule is Fc1coc2nc[nH]c12. The number of rotatable bonds is 0. The van der Waals surface area contributed by atoms with E-state index in [0.29, 0.717) is 11.2 Å². The van der Waals surface area contributed by atoms with E-state index in [2.05, 4.69) is 14.4 Å². The van der Waals surface area contributed by atoms with Crippen molar-refractivity contribution < 1.29 is 8.81 Å². The third kappa shape index (κ3) is 0.468. The van der Waals surface area contributed by atoms with E-state index >= 15 is 0 Å². The third-order valence-electron chi connectivity index (χ3n) is 1.12. The smallest absolute Gasteiger partial charge is 0.247 e. The molecule has 2 aromatic rings. The fraction of sp³-hybridized carbons (Fsp3) is 0. The standard InChI is InChI=1S/C5H3FN2O/c6-3-1-9-5-4(3)7-2-8-5/h1-2H,(H,7,8). The molecular formula is C5H3FN2O. The Hall–Kier alpha value is -1.32. The number of nitrogens with zero attached hydrogens (tertiary/aromatic N) is 1. The van der Waals surface area contributed by atoms with Gasteiger partial charge in [0, 0.05) is 0 Å². The Morgan fingerprint density at radius 1 is 1.67 bits per heavy atom. The molecule has 4 heteroatoms. The van der Waals surface area contributed by atoms with Gasteiger partial charge in [0.25, 0.3) is 0 Å². The first-order valence-corrected chi connectivity index (χ1v) is 2.44. The summed E-state index contributed by atoms with van der Waals surface area (Å²) >= 11 is 0. The van der Waals surface area contributed by atoms with Gasteiger partial charge < -0.3 is 9.40 Å². The molecule has 0 aliphatic rings. The third-order valence-corrected chi connectivity index (χ3v) is 1.12. The summed E-state index contributed by atoms with van der Waals surface area (Å²) in [6, 6.07) is 0. The van der Waals surface area contributed by atoms with Gasteiger partial charge in [-0.25, -0.2) is 9.37 Å². The Balaban J connectivity index is 2.99. The number of aromatic nitrogens is 2. The number of halogens is 1. The summed E-state index contributed by atoms with van der Waals surface area (Å²) < 4.78 is 17.1. The molecule has 0 atom stereocenters. The van der Waals surface area contributed by atoms with Crippen LogP contribution in [0.1, 0.15) is 0 Å². The van der Waals surface area contributed by atoms with Crippen LogP contribution < -0.4 is 0 Å². The second-order valence-electron chi connectivity index (χ2n) is 1.67. The first-order chi connectivity index (χ1) is 4.38. The summed E-state index contributed by atoms with van der Waals surface area (Å²) in [7, 11) is 0. The lowest BCUT2D eigenvalue weighted by molar-refractivity contribution is 0.551. The first kappa shape index (κ1) is 4.55. The molecule has 0 radical (unpaired) electrons. The van der Waals surface area contributed by atoms with E-state index in [1.165, 1.54) is 6.33 Å². The highest BCUT2D eigenvalue weighted by atomic mass is 19.1. The minimum Gasteiger partial charge on any atom is -0.442 e. The second-order valence-corrected chi connectivity index (χ2v) is 1.67. The number of fused-ring (bicyclic) bond motifs is 1. The number of hydrogen-bond acceptors (Lipinski definition) is 2.